The molecule has 7 nitrogen and oxygen atoms in total. The molecular formula is C20H22N2O5. The molecule has 0 aliphatic carbocycles. The summed E-state index contributed by atoms with van der Waals surface area (Å²) in [5, 5.41) is 14.4. The Morgan fingerprint density at radius 3 is 2.78 bits per heavy atom. The third-order valence-electron chi connectivity index (χ3n) is 4.74. The summed E-state index contributed by atoms with van der Waals surface area (Å²) in [6, 6.07) is 14.5. The monoisotopic (exact) mass is 370 g/mol. The van der Waals surface area contributed by atoms with Gasteiger partial charge in [-0.05, 0) is 30.5 Å². The highest BCUT2D eigenvalue weighted by Gasteiger charge is 2.27. The summed E-state index contributed by atoms with van der Waals surface area (Å²) in [6.45, 7) is 1.37. The minimum atomic E-state index is -0.728. The van der Waals surface area contributed by atoms with Gasteiger partial charge in [-0.25, -0.2) is 4.79 Å². The molecule has 1 N–H and O–H groups in total. The molecule has 3 rings (SSSR count). The summed E-state index contributed by atoms with van der Waals surface area (Å²) in [7, 11) is 1.20. The number of carbonyl (C=O) groups excluding carboxylic acids is 1. The van der Waals surface area contributed by atoms with Crippen LogP contribution >= 0.6 is 0 Å². The van der Waals surface area contributed by atoms with Gasteiger partial charge in [0.15, 0.2) is 0 Å². The standard InChI is InChI=1S/C20H22N2O5/c1-26-20(23)17-12-16(9-10-18(17)22(24)25)21-13-15-8-5-11-27-19(15)14-6-3-2-4-7-14/h2-4,6-7,9-10,12,15,19,21H,5,8,11,13H2,1H3. The number of carbonyl (C=O) groups is 1. The number of nitro groups is 1. The van der Waals surface area contributed by atoms with Crippen molar-refractivity contribution in [3.05, 3.63) is 69.8 Å². The van der Waals surface area contributed by atoms with E-state index >= 15 is 0 Å². The van der Waals surface area contributed by atoms with Crippen LogP contribution in [0.2, 0.25) is 0 Å². The number of esters is 1. The van der Waals surface area contributed by atoms with Crippen molar-refractivity contribution in [1.82, 2.24) is 0 Å². The summed E-state index contributed by atoms with van der Waals surface area (Å²) >= 11 is 0. The Bertz CT molecular complexity index is 809. The van der Waals surface area contributed by atoms with Gasteiger partial charge in [0.1, 0.15) is 5.56 Å². The maximum atomic E-state index is 11.9. The van der Waals surface area contributed by atoms with Gasteiger partial charge in [0, 0.05) is 30.8 Å². The zero-order valence-electron chi connectivity index (χ0n) is 15.1. The number of hydrogen-bond donors (Lipinski definition) is 1. The number of ether oxygens (including phenoxy) is 2. The number of nitrogens with zero attached hydrogens (tertiary/aromatic N) is 1. The van der Waals surface area contributed by atoms with E-state index in [1.807, 2.05) is 18.2 Å². The molecule has 0 aromatic heterocycles. The van der Waals surface area contributed by atoms with Crippen LogP contribution < -0.4 is 5.32 Å². The van der Waals surface area contributed by atoms with Gasteiger partial charge in [0.2, 0.25) is 0 Å². The molecule has 0 amide bonds. The fourth-order valence-electron chi connectivity index (χ4n) is 3.39. The normalized spacial score (nSPS) is 19.3. The van der Waals surface area contributed by atoms with Crippen LogP contribution in [-0.4, -0.2) is 31.2 Å². The summed E-state index contributed by atoms with van der Waals surface area (Å²) in [5.41, 5.74) is 1.45. The fourth-order valence-corrected chi connectivity index (χ4v) is 3.39. The molecule has 1 saturated heterocycles. The topological polar surface area (TPSA) is 90.7 Å². The van der Waals surface area contributed by atoms with Crippen LogP contribution in [0.15, 0.2) is 48.5 Å². The number of hydrogen-bond acceptors (Lipinski definition) is 6. The molecule has 7 heteroatoms. The minimum Gasteiger partial charge on any atom is -0.465 e. The first-order valence-corrected chi connectivity index (χ1v) is 8.87. The molecule has 0 saturated carbocycles. The second-order valence-electron chi connectivity index (χ2n) is 6.47. The molecule has 0 spiro atoms. The Labute approximate surface area is 157 Å². The maximum Gasteiger partial charge on any atom is 0.344 e. The van der Waals surface area contributed by atoms with Crippen LogP contribution in [0, 0.1) is 16.0 Å². The van der Waals surface area contributed by atoms with Crippen LogP contribution in [0.5, 0.6) is 0 Å². The van der Waals surface area contributed by atoms with Gasteiger partial charge in [-0.15, -0.1) is 0 Å². The Hall–Kier alpha value is -2.93. The molecule has 27 heavy (non-hydrogen) atoms. The van der Waals surface area contributed by atoms with Gasteiger partial charge in [-0.2, -0.15) is 0 Å². The van der Waals surface area contributed by atoms with Gasteiger partial charge < -0.3 is 14.8 Å². The lowest BCUT2D eigenvalue weighted by atomic mass is 9.89. The largest absolute Gasteiger partial charge is 0.465 e. The predicted octanol–water partition coefficient (Wildman–Crippen LogP) is 3.96. The van der Waals surface area contributed by atoms with Crippen molar-refractivity contribution >= 4 is 17.3 Å². The van der Waals surface area contributed by atoms with E-state index in [1.165, 1.54) is 19.2 Å². The van der Waals surface area contributed by atoms with E-state index in [0.29, 0.717) is 12.2 Å². The quantitative estimate of drug-likeness (QED) is 0.470. The molecule has 0 bridgehead atoms. The summed E-state index contributed by atoms with van der Waals surface area (Å²) in [5.74, 6) is -0.466. The maximum absolute atomic E-state index is 11.9. The zero-order valence-corrected chi connectivity index (χ0v) is 15.1. The molecule has 1 aliphatic heterocycles. The smallest absolute Gasteiger partial charge is 0.344 e. The van der Waals surface area contributed by atoms with Crippen LogP contribution in [0.25, 0.3) is 0 Å². The summed E-state index contributed by atoms with van der Waals surface area (Å²) in [6.07, 6.45) is 2.01. The molecule has 2 atom stereocenters. The molecule has 1 heterocycles. The molecule has 0 radical (unpaired) electrons. The van der Waals surface area contributed by atoms with E-state index in [4.69, 9.17) is 4.74 Å². The summed E-state index contributed by atoms with van der Waals surface area (Å²) < 4.78 is 10.7. The van der Waals surface area contributed by atoms with Gasteiger partial charge in [0.05, 0.1) is 18.1 Å². The molecule has 2 unspecified atom stereocenters. The van der Waals surface area contributed by atoms with Crippen molar-refractivity contribution in [2.24, 2.45) is 5.92 Å². The van der Waals surface area contributed by atoms with Crippen molar-refractivity contribution in [3.63, 3.8) is 0 Å². The highest BCUT2D eigenvalue weighted by molar-refractivity contribution is 5.95. The van der Waals surface area contributed by atoms with Gasteiger partial charge >= 0.3 is 5.97 Å². The van der Waals surface area contributed by atoms with E-state index in [1.54, 1.807) is 6.07 Å². The van der Waals surface area contributed by atoms with E-state index < -0.39 is 10.9 Å². The van der Waals surface area contributed by atoms with E-state index in [2.05, 4.69) is 22.2 Å². The van der Waals surface area contributed by atoms with Crippen LogP contribution in [0.4, 0.5) is 11.4 Å². The number of nitro benzene ring substituents is 1. The van der Waals surface area contributed by atoms with Crippen molar-refractivity contribution in [3.8, 4) is 0 Å². The third-order valence-corrected chi connectivity index (χ3v) is 4.74. The first-order valence-electron chi connectivity index (χ1n) is 8.87. The zero-order chi connectivity index (χ0) is 19.2. The van der Waals surface area contributed by atoms with E-state index in [0.717, 1.165) is 25.0 Å². The highest BCUT2D eigenvalue weighted by atomic mass is 16.6. The van der Waals surface area contributed by atoms with E-state index in [-0.39, 0.29) is 23.3 Å². The Morgan fingerprint density at radius 1 is 1.30 bits per heavy atom. The van der Waals surface area contributed by atoms with Crippen LogP contribution in [0.1, 0.15) is 34.9 Å². The lowest BCUT2D eigenvalue weighted by Gasteiger charge is -2.32. The molecule has 1 aliphatic rings. The van der Waals surface area contributed by atoms with Gasteiger partial charge in [-0.1, -0.05) is 30.3 Å². The second kappa shape index (κ2) is 8.64. The average Bonchev–Trinajstić information content (AvgIpc) is 2.72. The molecule has 142 valence electrons. The fraction of sp³-hybridized carbons (Fsp3) is 0.350. The third kappa shape index (κ3) is 4.43. The van der Waals surface area contributed by atoms with Gasteiger partial charge in [-0.3, -0.25) is 10.1 Å². The molecular weight excluding hydrogens is 348 g/mol. The van der Waals surface area contributed by atoms with Crippen molar-refractivity contribution in [2.75, 3.05) is 25.6 Å². The Kier molecular flexibility index (Phi) is 6.03. The molecule has 2 aromatic rings. The Morgan fingerprint density at radius 2 is 2.07 bits per heavy atom. The van der Waals surface area contributed by atoms with Crippen molar-refractivity contribution in [2.45, 2.75) is 18.9 Å². The number of rotatable bonds is 6. The number of benzene rings is 2. The first kappa shape index (κ1) is 18.8. The van der Waals surface area contributed by atoms with Crippen molar-refractivity contribution < 1.29 is 19.2 Å². The second-order valence-corrected chi connectivity index (χ2v) is 6.47. The average molecular weight is 370 g/mol. The lowest BCUT2D eigenvalue weighted by molar-refractivity contribution is -0.385. The predicted molar refractivity (Wildman–Crippen MR) is 101 cm³/mol. The minimum absolute atomic E-state index is 0.00516. The molecule has 1 fully saturated rings. The van der Waals surface area contributed by atoms with Crippen molar-refractivity contribution in [1.29, 1.82) is 0 Å². The number of anilines is 1. The lowest BCUT2D eigenvalue weighted by Crippen LogP contribution is -2.28. The first-order chi connectivity index (χ1) is 13.1. The van der Waals surface area contributed by atoms with Gasteiger partial charge in [0.25, 0.3) is 5.69 Å². The number of nitrogens with one attached hydrogen (secondary N) is 1. The van der Waals surface area contributed by atoms with Crippen LogP contribution in [-0.2, 0) is 9.47 Å². The Balaban J connectivity index is 1.75. The highest BCUT2D eigenvalue weighted by Crippen LogP contribution is 2.34. The number of methoxy groups -OCH3 is 1. The SMILES string of the molecule is COC(=O)c1cc(NCC2CCCOC2c2ccccc2)ccc1[N+](=O)[O-]. The molecule has 2 aromatic carbocycles. The van der Waals surface area contributed by atoms with Crippen LogP contribution in [0.3, 0.4) is 0 Å². The summed E-state index contributed by atoms with van der Waals surface area (Å²) in [4.78, 5) is 22.4. The van der Waals surface area contributed by atoms with E-state index in [9.17, 15) is 14.9 Å².